The van der Waals surface area contributed by atoms with Gasteiger partial charge in [-0.2, -0.15) is 0 Å². The fourth-order valence-corrected chi connectivity index (χ4v) is 1.85. The molecule has 6 heteroatoms. The molecule has 6 nitrogen and oxygen atoms in total. The molecule has 2 aromatic rings. The van der Waals surface area contributed by atoms with Gasteiger partial charge in [-0.3, -0.25) is 10.2 Å². The number of carbonyl (C=O) groups is 2. The quantitative estimate of drug-likeness (QED) is 0.852. The van der Waals surface area contributed by atoms with E-state index in [1.54, 1.807) is 43.5 Å². The van der Waals surface area contributed by atoms with Crippen LogP contribution in [0, 0.1) is 6.92 Å². The largest absolute Gasteiger partial charge is 0.497 e. The summed E-state index contributed by atoms with van der Waals surface area (Å²) in [6.07, 6.45) is 0. The summed E-state index contributed by atoms with van der Waals surface area (Å²) in [7, 11) is 1.54. The number of anilines is 1. The third kappa shape index (κ3) is 3.54. The minimum Gasteiger partial charge on any atom is -0.497 e. The lowest BCUT2D eigenvalue weighted by Gasteiger charge is -2.21. The summed E-state index contributed by atoms with van der Waals surface area (Å²) in [6.45, 7) is 1.92. The first-order valence-electron chi connectivity index (χ1n) is 6.62. The predicted molar refractivity (Wildman–Crippen MR) is 83.7 cm³/mol. The number of benzene rings is 2. The van der Waals surface area contributed by atoms with Crippen LogP contribution in [-0.2, 0) is 0 Å². The number of urea groups is 1. The summed E-state index contributed by atoms with van der Waals surface area (Å²) in [4.78, 5) is 23.8. The van der Waals surface area contributed by atoms with E-state index in [4.69, 9.17) is 10.5 Å². The Kier molecular flexibility index (Phi) is 4.63. The Labute approximate surface area is 128 Å². The van der Waals surface area contributed by atoms with Crippen molar-refractivity contribution in [3.8, 4) is 5.75 Å². The maximum Gasteiger partial charge on any atom is 0.338 e. The minimum absolute atomic E-state index is 0.388. The van der Waals surface area contributed by atoms with Gasteiger partial charge in [0.05, 0.1) is 12.8 Å². The summed E-state index contributed by atoms with van der Waals surface area (Å²) in [5, 5.41) is 1.01. The van der Waals surface area contributed by atoms with E-state index in [0.29, 0.717) is 17.0 Å². The normalized spacial score (nSPS) is 9.91. The number of nitrogens with two attached hydrogens (primary N) is 1. The van der Waals surface area contributed by atoms with Crippen LogP contribution in [0.15, 0.2) is 48.5 Å². The zero-order valence-corrected chi connectivity index (χ0v) is 12.4. The van der Waals surface area contributed by atoms with Gasteiger partial charge in [0.15, 0.2) is 0 Å². The molecule has 0 bridgehead atoms. The number of aryl methyl sites for hydroxylation is 1. The first-order chi connectivity index (χ1) is 10.5. The number of amides is 3. The lowest BCUT2D eigenvalue weighted by molar-refractivity contribution is 0.0951. The molecule has 0 aliphatic carbocycles. The van der Waals surface area contributed by atoms with Gasteiger partial charge in [0.2, 0.25) is 0 Å². The molecular formula is C16H17N3O3. The smallest absolute Gasteiger partial charge is 0.338 e. The second-order valence-corrected chi connectivity index (χ2v) is 4.68. The second-order valence-electron chi connectivity index (χ2n) is 4.68. The van der Waals surface area contributed by atoms with Crippen molar-refractivity contribution < 1.29 is 14.3 Å². The van der Waals surface area contributed by atoms with E-state index < -0.39 is 11.9 Å². The van der Waals surface area contributed by atoms with Crippen LogP contribution in [0.3, 0.4) is 0 Å². The minimum atomic E-state index is -0.772. The molecule has 0 aliphatic rings. The van der Waals surface area contributed by atoms with Crippen LogP contribution in [0.25, 0.3) is 0 Å². The van der Waals surface area contributed by atoms with Gasteiger partial charge >= 0.3 is 6.03 Å². The topological polar surface area (TPSA) is 84.7 Å². The molecule has 0 radical (unpaired) electrons. The molecule has 0 aliphatic heterocycles. The number of methoxy groups -OCH3 is 1. The molecule has 0 unspecified atom stereocenters. The fraction of sp³-hybridized carbons (Fsp3) is 0.125. The monoisotopic (exact) mass is 299 g/mol. The average Bonchev–Trinajstić information content (AvgIpc) is 2.53. The van der Waals surface area contributed by atoms with Crippen molar-refractivity contribution >= 4 is 17.6 Å². The van der Waals surface area contributed by atoms with E-state index in [9.17, 15) is 9.59 Å². The standard InChI is InChI=1S/C16H17N3O3/c1-11-3-7-13(8-4-11)19(16(17)21)18-15(20)12-5-9-14(22-2)10-6-12/h3-10H,1-2H3,(H2,17,21)(H,18,20). The molecule has 3 amide bonds. The highest BCUT2D eigenvalue weighted by Gasteiger charge is 2.16. The molecule has 22 heavy (non-hydrogen) atoms. The third-order valence-corrected chi connectivity index (χ3v) is 3.08. The molecule has 0 saturated carbocycles. The molecule has 0 spiro atoms. The Bertz CT molecular complexity index is 666. The molecule has 0 heterocycles. The third-order valence-electron chi connectivity index (χ3n) is 3.08. The molecule has 2 rings (SSSR count). The fourth-order valence-electron chi connectivity index (χ4n) is 1.85. The number of carbonyl (C=O) groups excluding carboxylic acids is 2. The van der Waals surface area contributed by atoms with Gasteiger partial charge < -0.3 is 10.5 Å². The molecule has 114 valence electrons. The Morgan fingerprint density at radius 3 is 2.14 bits per heavy atom. The highest BCUT2D eigenvalue weighted by atomic mass is 16.5. The number of nitrogens with zero attached hydrogens (tertiary/aromatic N) is 1. The van der Waals surface area contributed by atoms with Gasteiger partial charge in [0, 0.05) is 5.56 Å². The van der Waals surface area contributed by atoms with E-state index in [-0.39, 0.29) is 0 Å². The molecule has 3 N–H and O–H groups in total. The van der Waals surface area contributed by atoms with Crippen LogP contribution >= 0.6 is 0 Å². The first kappa shape index (κ1) is 15.4. The summed E-state index contributed by atoms with van der Waals surface area (Å²) in [6, 6.07) is 12.8. The van der Waals surface area contributed by atoms with Crippen LogP contribution in [0.1, 0.15) is 15.9 Å². The predicted octanol–water partition coefficient (Wildman–Crippen LogP) is 2.23. The van der Waals surface area contributed by atoms with Crippen molar-refractivity contribution in [2.24, 2.45) is 5.73 Å². The van der Waals surface area contributed by atoms with Gasteiger partial charge in [-0.15, -0.1) is 0 Å². The van der Waals surface area contributed by atoms with Crippen molar-refractivity contribution in [3.05, 3.63) is 59.7 Å². The Balaban J connectivity index is 2.18. The van der Waals surface area contributed by atoms with Gasteiger partial charge in [-0.1, -0.05) is 17.7 Å². The van der Waals surface area contributed by atoms with E-state index in [1.165, 1.54) is 0 Å². The first-order valence-corrected chi connectivity index (χ1v) is 6.62. The maximum atomic E-state index is 12.2. The van der Waals surface area contributed by atoms with E-state index in [1.807, 2.05) is 19.1 Å². The zero-order chi connectivity index (χ0) is 16.1. The summed E-state index contributed by atoms with van der Waals surface area (Å²) in [5.74, 6) is 0.198. The van der Waals surface area contributed by atoms with Crippen LogP contribution in [0.5, 0.6) is 5.75 Å². The summed E-state index contributed by atoms with van der Waals surface area (Å²) < 4.78 is 5.03. The zero-order valence-electron chi connectivity index (χ0n) is 12.4. The molecular weight excluding hydrogens is 282 g/mol. The van der Waals surface area contributed by atoms with E-state index >= 15 is 0 Å². The summed E-state index contributed by atoms with van der Waals surface area (Å²) in [5.41, 5.74) is 9.73. The average molecular weight is 299 g/mol. The van der Waals surface area contributed by atoms with Gasteiger partial charge in [0.1, 0.15) is 5.75 Å². The van der Waals surface area contributed by atoms with Gasteiger partial charge in [-0.05, 0) is 43.3 Å². The molecule has 0 aromatic heterocycles. The second kappa shape index (κ2) is 6.62. The molecule has 2 aromatic carbocycles. The highest BCUT2D eigenvalue weighted by Crippen LogP contribution is 2.15. The molecule has 0 fully saturated rings. The number of hydrogen-bond acceptors (Lipinski definition) is 3. The van der Waals surface area contributed by atoms with Crippen molar-refractivity contribution in [3.63, 3.8) is 0 Å². The number of rotatable bonds is 3. The molecule has 0 saturated heterocycles. The highest BCUT2D eigenvalue weighted by molar-refractivity contribution is 6.00. The van der Waals surface area contributed by atoms with Crippen molar-refractivity contribution in [1.82, 2.24) is 5.43 Å². The van der Waals surface area contributed by atoms with Gasteiger partial charge in [0.25, 0.3) is 5.91 Å². The number of primary amides is 1. The van der Waals surface area contributed by atoms with Crippen molar-refractivity contribution in [2.45, 2.75) is 6.92 Å². The van der Waals surface area contributed by atoms with Crippen LogP contribution in [-0.4, -0.2) is 19.0 Å². The Morgan fingerprint density at radius 2 is 1.64 bits per heavy atom. The van der Waals surface area contributed by atoms with E-state index in [0.717, 1.165) is 10.6 Å². The van der Waals surface area contributed by atoms with Crippen LogP contribution < -0.4 is 20.9 Å². The van der Waals surface area contributed by atoms with Gasteiger partial charge in [-0.25, -0.2) is 9.80 Å². The maximum absolute atomic E-state index is 12.2. The number of ether oxygens (including phenoxy) is 1. The number of hydrazine groups is 1. The summed E-state index contributed by atoms with van der Waals surface area (Å²) >= 11 is 0. The Morgan fingerprint density at radius 1 is 1.05 bits per heavy atom. The van der Waals surface area contributed by atoms with Crippen LogP contribution in [0.2, 0.25) is 0 Å². The van der Waals surface area contributed by atoms with Crippen molar-refractivity contribution in [1.29, 1.82) is 0 Å². The van der Waals surface area contributed by atoms with Crippen molar-refractivity contribution in [2.75, 3.05) is 12.1 Å². The SMILES string of the molecule is COc1ccc(C(=O)NN(C(N)=O)c2ccc(C)cc2)cc1. The Hall–Kier alpha value is -3.02. The number of hydrogen-bond donors (Lipinski definition) is 2. The number of nitrogens with one attached hydrogen (secondary N) is 1. The lowest BCUT2D eigenvalue weighted by atomic mass is 10.2. The van der Waals surface area contributed by atoms with E-state index in [2.05, 4.69) is 5.43 Å². The molecule has 0 atom stereocenters. The lowest BCUT2D eigenvalue weighted by Crippen LogP contribution is -2.49. The van der Waals surface area contributed by atoms with Crippen LogP contribution in [0.4, 0.5) is 10.5 Å².